The van der Waals surface area contributed by atoms with Crippen LogP contribution in [0.2, 0.25) is 0 Å². The molecule has 0 spiro atoms. The van der Waals surface area contributed by atoms with Gasteiger partial charge in [-0.25, -0.2) is 8.42 Å². The third-order valence-corrected chi connectivity index (χ3v) is 4.16. The van der Waals surface area contributed by atoms with Crippen LogP contribution >= 0.6 is 0 Å². The minimum Gasteiger partial charge on any atom is -0.294 e. The highest BCUT2D eigenvalue weighted by Crippen LogP contribution is 2.19. The Morgan fingerprint density at radius 3 is 2.53 bits per heavy atom. The van der Waals surface area contributed by atoms with Crippen LogP contribution in [-0.4, -0.2) is 26.7 Å². The topological polar surface area (TPSA) is 55.7 Å². The van der Waals surface area contributed by atoms with Gasteiger partial charge in [-0.3, -0.25) is 4.84 Å². The summed E-state index contributed by atoms with van der Waals surface area (Å²) >= 11 is 0. The molecular weight excluding hydrogens is 283 g/mol. The number of hydrogen-bond acceptors (Lipinski definition) is 4. The van der Waals surface area contributed by atoms with E-state index >= 15 is 0 Å². The van der Waals surface area contributed by atoms with Crippen molar-refractivity contribution in [2.45, 2.75) is 25.1 Å². The molecule has 0 aliphatic carbocycles. The number of alkyl halides is 3. The molecular formula is C11H12F3NO3S. The van der Waals surface area contributed by atoms with E-state index in [1.807, 2.05) is 0 Å². The molecule has 8 heteroatoms. The monoisotopic (exact) mass is 295 g/mol. The maximum Gasteiger partial charge on any atom is 0.593 e. The zero-order valence-corrected chi connectivity index (χ0v) is 11.0. The van der Waals surface area contributed by atoms with E-state index in [1.54, 1.807) is 6.92 Å². The summed E-state index contributed by atoms with van der Waals surface area (Å²) in [4.78, 5) is 3.31. The van der Waals surface area contributed by atoms with Crippen LogP contribution in [0.25, 0.3) is 0 Å². The summed E-state index contributed by atoms with van der Waals surface area (Å²) in [6.07, 6.45) is -4.05. The fourth-order valence-electron chi connectivity index (χ4n) is 1.33. The van der Waals surface area contributed by atoms with E-state index in [-0.39, 0.29) is 16.2 Å². The van der Waals surface area contributed by atoms with Gasteiger partial charge in [0, 0.05) is 0 Å². The fraction of sp³-hybridized carbons (Fsp3) is 0.364. The lowest BCUT2D eigenvalue weighted by atomic mass is 10.2. The number of aryl methyl sites for hydroxylation is 1. The molecule has 0 bridgehead atoms. The Bertz CT molecular complexity index is 579. The number of sulfone groups is 1. The number of hydrogen-bond donors (Lipinski definition) is 0. The molecule has 0 unspecified atom stereocenters. The van der Waals surface area contributed by atoms with Crippen molar-refractivity contribution in [1.29, 1.82) is 0 Å². The largest absolute Gasteiger partial charge is 0.593 e. The lowest BCUT2D eigenvalue weighted by molar-refractivity contribution is -0.325. The van der Waals surface area contributed by atoms with Gasteiger partial charge in [-0.05, 0) is 24.1 Å². The summed E-state index contributed by atoms with van der Waals surface area (Å²) in [5.74, 6) is -0.0898. The standard InChI is InChI=1S/C11H12F3NO3S/c1-3-19(16,17)10-6-9(5-4-8(10)2)7-15-18-11(12,13)14/h4-7H,3H2,1-2H3/b15-7+. The lowest BCUT2D eigenvalue weighted by Gasteiger charge is -2.06. The molecule has 0 aliphatic rings. The van der Waals surface area contributed by atoms with Crippen molar-refractivity contribution >= 4 is 16.1 Å². The van der Waals surface area contributed by atoms with Gasteiger partial charge in [-0.1, -0.05) is 24.2 Å². The Balaban J connectivity index is 3.04. The molecule has 0 saturated heterocycles. The van der Waals surface area contributed by atoms with Crippen LogP contribution in [0.1, 0.15) is 18.1 Å². The second kappa shape index (κ2) is 5.60. The first-order chi connectivity index (χ1) is 8.65. The average molecular weight is 295 g/mol. The Hall–Kier alpha value is -1.57. The second-order valence-corrected chi connectivity index (χ2v) is 5.95. The van der Waals surface area contributed by atoms with E-state index in [2.05, 4.69) is 9.99 Å². The fourth-order valence-corrected chi connectivity index (χ4v) is 2.52. The molecule has 19 heavy (non-hydrogen) atoms. The number of rotatable bonds is 4. The van der Waals surface area contributed by atoms with Crippen molar-refractivity contribution in [2.75, 3.05) is 5.75 Å². The summed E-state index contributed by atoms with van der Waals surface area (Å²) in [7, 11) is -3.43. The average Bonchev–Trinajstić information content (AvgIpc) is 2.29. The van der Waals surface area contributed by atoms with Crippen LogP contribution in [0.4, 0.5) is 13.2 Å². The summed E-state index contributed by atoms with van der Waals surface area (Å²) < 4.78 is 58.6. The van der Waals surface area contributed by atoms with Crippen LogP contribution in [0.3, 0.4) is 0 Å². The first-order valence-electron chi connectivity index (χ1n) is 5.27. The van der Waals surface area contributed by atoms with Gasteiger partial charge in [0.1, 0.15) is 0 Å². The van der Waals surface area contributed by atoms with Crippen LogP contribution in [0.5, 0.6) is 0 Å². The molecule has 0 radical (unpaired) electrons. The maximum absolute atomic E-state index is 11.8. The molecule has 0 aliphatic heterocycles. The molecule has 0 fully saturated rings. The Morgan fingerprint density at radius 2 is 2.00 bits per heavy atom. The van der Waals surface area contributed by atoms with Gasteiger partial charge in [0.05, 0.1) is 16.9 Å². The number of oxime groups is 1. The van der Waals surface area contributed by atoms with E-state index in [0.717, 1.165) is 6.21 Å². The number of halogens is 3. The van der Waals surface area contributed by atoms with Crippen LogP contribution in [0.15, 0.2) is 28.3 Å². The molecule has 0 heterocycles. The summed E-state index contributed by atoms with van der Waals surface area (Å²) in [5.41, 5.74) is 0.734. The molecule has 0 N–H and O–H groups in total. The Labute approximate surface area is 108 Å². The molecule has 106 valence electrons. The molecule has 0 aromatic heterocycles. The number of benzene rings is 1. The van der Waals surface area contributed by atoms with Crippen LogP contribution < -0.4 is 0 Å². The zero-order valence-electron chi connectivity index (χ0n) is 10.2. The van der Waals surface area contributed by atoms with Crippen molar-refractivity contribution < 1.29 is 26.4 Å². The SMILES string of the molecule is CCS(=O)(=O)c1cc(/C=N/OC(F)(F)F)ccc1C. The smallest absolute Gasteiger partial charge is 0.294 e. The first kappa shape index (κ1) is 15.5. The minimum atomic E-state index is -4.86. The van der Waals surface area contributed by atoms with Crippen LogP contribution in [-0.2, 0) is 14.7 Å². The van der Waals surface area contributed by atoms with Gasteiger partial charge in [-0.2, -0.15) is 0 Å². The number of nitrogens with zero attached hydrogens (tertiary/aromatic N) is 1. The third kappa shape index (κ3) is 4.55. The molecule has 4 nitrogen and oxygen atoms in total. The highest BCUT2D eigenvalue weighted by atomic mass is 32.2. The third-order valence-electron chi connectivity index (χ3n) is 2.29. The van der Waals surface area contributed by atoms with E-state index < -0.39 is 16.2 Å². The maximum atomic E-state index is 11.8. The molecule has 0 saturated carbocycles. The van der Waals surface area contributed by atoms with Crippen molar-refractivity contribution in [1.82, 2.24) is 0 Å². The molecule has 0 atom stereocenters. The van der Waals surface area contributed by atoms with Gasteiger partial charge >= 0.3 is 6.36 Å². The van der Waals surface area contributed by atoms with Gasteiger partial charge < -0.3 is 0 Å². The quantitative estimate of drug-likeness (QED) is 0.634. The zero-order chi connectivity index (χ0) is 14.7. The van der Waals surface area contributed by atoms with Crippen molar-refractivity contribution in [3.63, 3.8) is 0 Å². The predicted octanol–water partition coefficient (Wildman–Crippen LogP) is 2.66. The van der Waals surface area contributed by atoms with Crippen molar-refractivity contribution in [3.8, 4) is 0 Å². The van der Waals surface area contributed by atoms with Crippen molar-refractivity contribution in [3.05, 3.63) is 29.3 Å². The highest BCUT2D eigenvalue weighted by molar-refractivity contribution is 7.91. The van der Waals surface area contributed by atoms with E-state index in [9.17, 15) is 21.6 Å². The molecule has 1 rings (SSSR count). The second-order valence-electron chi connectivity index (χ2n) is 3.70. The molecule has 1 aromatic carbocycles. The van der Waals surface area contributed by atoms with Gasteiger partial charge in [-0.15, -0.1) is 13.2 Å². The minimum absolute atomic E-state index is 0.0750. The van der Waals surface area contributed by atoms with E-state index in [0.29, 0.717) is 5.56 Å². The predicted molar refractivity (Wildman–Crippen MR) is 63.6 cm³/mol. The van der Waals surface area contributed by atoms with Crippen LogP contribution in [0, 0.1) is 6.92 Å². The Morgan fingerprint density at radius 1 is 1.37 bits per heavy atom. The summed E-state index contributed by atoms with van der Waals surface area (Å²) in [6.45, 7) is 3.10. The van der Waals surface area contributed by atoms with Gasteiger partial charge in [0.25, 0.3) is 0 Å². The summed E-state index contributed by atoms with van der Waals surface area (Å²) in [6, 6.07) is 4.21. The Kier molecular flexibility index (Phi) is 4.56. The lowest BCUT2D eigenvalue weighted by Crippen LogP contribution is -2.09. The van der Waals surface area contributed by atoms with E-state index in [4.69, 9.17) is 0 Å². The highest BCUT2D eigenvalue weighted by Gasteiger charge is 2.30. The molecule has 1 aromatic rings. The normalized spacial score (nSPS) is 12.9. The van der Waals surface area contributed by atoms with Gasteiger partial charge in [0.15, 0.2) is 9.84 Å². The van der Waals surface area contributed by atoms with Gasteiger partial charge in [0.2, 0.25) is 0 Å². The van der Waals surface area contributed by atoms with E-state index in [1.165, 1.54) is 25.1 Å². The first-order valence-corrected chi connectivity index (χ1v) is 6.92. The molecule has 0 amide bonds. The summed E-state index contributed by atoms with van der Waals surface area (Å²) in [5, 5.41) is 2.75. The van der Waals surface area contributed by atoms with Crippen molar-refractivity contribution in [2.24, 2.45) is 5.16 Å².